The fourth-order valence-electron chi connectivity index (χ4n) is 2.78. The van der Waals surface area contributed by atoms with Crippen LogP contribution in [0.5, 0.6) is 0 Å². The minimum absolute atomic E-state index is 0.0962. The Balaban J connectivity index is 2.03. The van der Waals surface area contributed by atoms with Gasteiger partial charge >= 0.3 is 5.97 Å². The van der Waals surface area contributed by atoms with E-state index in [1.807, 2.05) is 13.8 Å². The number of hydrogen-bond acceptors (Lipinski definition) is 2. The molecule has 1 saturated carbocycles. The Kier molecular flexibility index (Phi) is 5.34. The van der Waals surface area contributed by atoms with Gasteiger partial charge in [-0.2, -0.15) is 0 Å². The topological polar surface area (TPSA) is 57.6 Å². The highest BCUT2D eigenvalue weighted by molar-refractivity contribution is 5.83. The molecule has 1 N–H and O–H groups in total. The minimum atomic E-state index is -0.945. The average molecular weight is 325 g/mol. The van der Waals surface area contributed by atoms with E-state index >= 15 is 0 Å². The van der Waals surface area contributed by atoms with Crippen molar-refractivity contribution in [3.8, 4) is 0 Å². The number of carbonyl (C=O) groups is 2. The molecular formula is C17H21F2NO3. The van der Waals surface area contributed by atoms with Gasteiger partial charge in [0.1, 0.15) is 0 Å². The van der Waals surface area contributed by atoms with Crippen LogP contribution in [0.4, 0.5) is 8.78 Å². The van der Waals surface area contributed by atoms with Crippen molar-refractivity contribution in [1.82, 2.24) is 4.90 Å². The first kappa shape index (κ1) is 17.4. The molecule has 1 aliphatic rings. The molecule has 0 bridgehead atoms. The highest BCUT2D eigenvalue weighted by Gasteiger charge is 2.46. The molecule has 1 aromatic carbocycles. The second-order valence-corrected chi connectivity index (χ2v) is 6.44. The van der Waals surface area contributed by atoms with E-state index in [1.54, 1.807) is 4.90 Å². The highest BCUT2D eigenvalue weighted by Crippen LogP contribution is 2.48. The van der Waals surface area contributed by atoms with E-state index < -0.39 is 17.6 Å². The van der Waals surface area contributed by atoms with Gasteiger partial charge in [0.05, 0.1) is 6.42 Å². The summed E-state index contributed by atoms with van der Waals surface area (Å²) in [5.41, 5.74) is 0.616. The van der Waals surface area contributed by atoms with Crippen LogP contribution in [0.15, 0.2) is 18.2 Å². The van der Waals surface area contributed by atoms with Crippen LogP contribution < -0.4 is 0 Å². The van der Waals surface area contributed by atoms with E-state index in [9.17, 15) is 18.4 Å². The second kappa shape index (κ2) is 7.06. The number of hydrogen-bond donors (Lipinski definition) is 1. The quantitative estimate of drug-likeness (QED) is 0.838. The molecule has 1 fully saturated rings. The highest BCUT2D eigenvalue weighted by atomic mass is 19.2. The molecule has 0 spiro atoms. The molecule has 1 aliphatic carbocycles. The fourth-order valence-corrected chi connectivity index (χ4v) is 2.78. The Morgan fingerprint density at radius 3 is 2.57 bits per heavy atom. The minimum Gasteiger partial charge on any atom is -0.481 e. The first-order chi connectivity index (χ1) is 10.8. The van der Waals surface area contributed by atoms with Gasteiger partial charge in [-0.05, 0) is 36.0 Å². The maximum atomic E-state index is 13.3. The van der Waals surface area contributed by atoms with Crippen molar-refractivity contribution in [2.75, 3.05) is 13.1 Å². The zero-order valence-corrected chi connectivity index (χ0v) is 13.3. The first-order valence-electron chi connectivity index (χ1n) is 7.75. The first-order valence-corrected chi connectivity index (χ1v) is 7.75. The Bertz CT molecular complexity index is 604. The third-order valence-electron chi connectivity index (χ3n) is 3.97. The molecule has 0 radical (unpaired) electrons. The monoisotopic (exact) mass is 325 g/mol. The predicted molar refractivity (Wildman–Crippen MR) is 80.9 cm³/mol. The molecule has 2 rings (SSSR count). The lowest BCUT2D eigenvalue weighted by atomic mass is 10.1. The third kappa shape index (κ3) is 4.50. The second-order valence-electron chi connectivity index (χ2n) is 6.44. The predicted octanol–water partition coefficient (Wildman–Crippen LogP) is 3.03. The van der Waals surface area contributed by atoms with Crippen LogP contribution in [0.3, 0.4) is 0 Å². The van der Waals surface area contributed by atoms with Gasteiger partial charge in [0.15, 0.2) is 11.6 Å². The smallest absolute Gasteiger partial charge is 0.305 e. The average Bonchev–Trinajstić information content (AvgIpc) is 3.25. The molecule has 0 heterocycles. The maximum Gasteiger partial charge on any atom is 0.305 e. The van der Waals surface area contributed by atoms with Gasteiger partial charge < -0.3 is 10.0 Å². The fraction of sp³-hybridized carbons (Fsp3) is 0.529. The van der Waals surface area contributed by atoms with E-state index in [-0.39, 0.29) is 36.6 Å². The molecule has 0 saturated heterocycles. The van der Waals surface area contributed by atoms with E-state index in [0.29, 0.717) is 18.5 Å². The lowest BCUT2D eigenvalue weighted by Gasteiger charge is -2.24. The lowest BCUT2D eigenvalue weighted by Crippen LogP contribution is -2.37. The third-order valence-corrected chi connectivity index (χ3v) is 3.97. The van der Waals surface area contributed by atoms with Gasteiger partial charge in [-0.25, -0.2) is 8.78 Å². The van der Waals surface area contributed by atoms with Crippen molar-refractivity contribution in [1.29, 1.82) is 0 Å². The summed E-state index contributed by atoms with van der Waals surface area (Å²) in [5.74, 6) is -3.02. The number of amides is 1. The summed E-state index contributed by atoms with van der Waals surface area (Å²) in [7, 11) is 0. The number of halogens is 2. The summed E-state index contributed by atoms with van der Waals surface area (Å²) in [6, 6.07) is 3.71. The van der Waals surface area contributed by atoms with E-state index in [1.165, 1.54) is 6.07 Å². The van der Waals surface area contributed by atoms with E-state index in [4.69, 9.17) is 5.11 Å². The number of nitrogens with zero attached hydrogens (tertiary/aromatic N) is 1. The van der Waals surface area contributed by atoms with Gasteiger partial charge in [-0.3, -0.25) is 9.59 Å². The standard InChI is InChI=1S/C17H21F2NO3/c1-10(2)9-20(6-5-16(21)22)17(23)13-8-12(13)11-3-4-14(18)15(19)7-11/h3-4,7,10,12-13H,5-6,8-9H2,1-2H3,(H,21,22). The molecule has 0 aromatic heterocycles. The van der Waals surface area contributed by atoms with Crippen LogP contribution in [0.1, 0.15) is 38.2 Å². The van der Waals surface area contributed by atoms with Crippen LogP contribution in [0.25, 0.3) is 0 Å². The van der Waals surface area contributed by atoms with Crippen LogP contribution >= 0.6 is 0 Å². The normalized spacial score (nSPS) is 19.7. The van der Waals surface area contributed by atoms with Gasteiger partial charge in [-0.15, -0.1) is 0 Å². The van der Waals surface area contributed by atoms with Crippen molar-refractivity contribution < 1.29 is 23.5 Å². The van der Waals surface area contributed by atoms with Crippen molar-refractivity contribution in [2.45, 2.75) is 32.6 Å². The van der Waals surface area contributed by atoms with Gasteiger partial charge in [0.2, 0.25) is 5.91 Å². The molecule has 0 aliphatic heterocycles. The molecule has 1 amide bonds. The zero-order chi connectivity index (χ0) is 17.1. The Hall–Kier alpha value is -1.98. The van der Waals surface area contributed by atoms with Gasteiger partial charge in [-0.1, -0.05) is 19.9 Å². The van der Waals surface area contributed by atoms with Gasteiger partial charge in [0, 0.05) is 19.0 Å². The van der Waals surface area contributed by atoms with Crippen LogP contribution in [-0.2, 0) is 9.59 Å². The SMILES string of the molecule is CC(C)CN(CCC(=O)O)C(=O)C1CC1c1ccc(F)c(F)c1. The van der Waals surface area contributed by atoms with Crippen molar-refractivity contribution in [2.24, 2.45) is 11.8 Å². The van der Waals surface area contributed by atoms with Crippen molar-refractivity contribution in [3.63, 3.8) is 0 Å². The number of carbonyl (C=O) groups excluding carboxylic acids is 1. The van der Waals surface area contributed by atoms with Crippen molar-refractivity contribution in [3.05, 3.63) is 35.4 Å². The Morgan fingerprint density at radius 2 is 2.00 bits per heavy atom. The number of rotatable bonds is 7. The molecule has 23 heavy (non-hydrogen) atoms. The lowest BCUT2D eigenvalue weighted by molar-refractivity contribution is -0.139. The van der Waals surface area contributed by atoms with E-state index in [0.717, 1.165) is 12.1 Å². The molecule has 2 atom stereocenters. The Labute approximate surface area is 134 Å². The molecule has 6 heteroatoms. The summed E-state index contributed by atoms with van der Waals surface area (Å²) in [6.45, 7) is 4.59. The molecule has 126 valence electrons. The number of benzene rings is 1. The largest absolute Gasteiger partial charge is 0.481 e. The number of aliphatic carboxylic acids is 1. The molecule has 4 nitrogen and oxygen atoms in total. The van der Waals surface area contributed by atoms with E-state index in [2.05, 4.69) is 0 Å². The maximum absolute atomic E-state index is 13.3. The summed E-state index contributed by atoms with van der Waals surface area (Å²) < 4.78 is 26.3. The summed E-state index contributed by atoms with van der Waals surface area (Å²) in [6.07, 6.45) is 0.493. The molecule has 1 aromatic rings. The molecule has 2 unspecified atom stereocenters. The number of carboxylic acids is 1. The van der Waals surface area contributed by atoms with Crippen LogP contribution in [0.2, 0.25) is 0 Å². The van der Waals surface area contributed by atoms with Crippen LogP contribution in [-0.4, -0.2) is 35.0 Å². The van der Waals surface area contributed by atoms with Gasteiger partial charge in [0.25, 0.3) is 0 Å². The zero-order valence-electron chi connectivity index (χ0n) is 13.3. The molecular weight excluding hydrogens is 304 g/mol. The van der Waals surface area contributed by atoms with Crippen LogP contribution in [0, 0.1) is 23.5 Å². The summed E-state index contributed by atoms with van der Waals surface area (Å²) in [5, 5.41) is 8.80. The summed E-state index contributed by atoms with van der Waals surface area (Å²) >= 11 is 0. The van der Waals surface area contributed by atoms with Crippen molar-refractivity contribution >= 4 is 11.9 Å². The number of carboxylic acid groups (broad SMARTS) is 1. The Morgan fingerprint density at radius 1 is 1.30 bits per heavy atom. The summed E-state index contributed by atoms with van der Waals surface area (Å²) in [4.78, 5) is 24.9.